The van der Waals surface area contributed by atoms with Gasteiger partial charge in [-0.2, -0.15) is 0 Å². The largest absolute Gasteiger partial charge is 0.361 e. The highest BCUT2D eigenvalue weighted by Crippen LogP contribution is 2.23. The molecule has 0 amide bonds. The quantitative estimate of drug-likeness (QED) is 0.767. The molecule has 2 aromatic heterocycles. The number of nitrogens with one attached hydrogen (secondary N) is 2. The van der Waals surface area contributed by atoms with Gasteiger partial charge in [-0.25, -0.2) is 9.37 Å². The lowest BCUT2D eigenvalue weighted by atomic mass is 10.0. The molecule has 1 aromatic carbocycles. The Balaban J connectivity index is 1.59. The Bertz CT molecular complexity index is 975. The number of aromatic amines is 2. The molecule has 1 aliphatic heterocycles. The van der Waals surface area contributed by atoms with Gasteiger partial charge in [0, 0.05) is 48.7 Å². The predicted molar refractivity (Wildman–Crippen MR) is 94.9 cm³/mol. The van der Waals surface area contributed by atoms with Gasteiger partial charge in [0.1, 0.15) is 11.6 Å². The van der Waals surface area contributed by atoms with E-state index in [4.69, 9.17) is 0 Å². The molecule has 6 heteroatoms. The lowest BCUT2D eigenvalue weighted by Gasteiger charge is -2.27. The zero-order valence-electron chi connectivity index (χ0n) is 14.2. The summed E-state index contributed by atoms with van der Waals surface area (Å²) < 4.78 is 13.6. The Kier molecular flexibility index (Phi) is 4.13. The summed E-state index contributed by atoms with van der Waals surface area (Å²) in [5.74, 6) is 0.539. The van der Waals surface area contributed by atoms with Gasteiger partial charge >= 0.3 is 0 Å². The molecule has 0 saturated heterocycles. The minimum atomic E-state index is -0.227. The van der Waals surface area contributed by atoms with E-state index in [1.165, 1.54) is 6.07 Å². The summed E-state index contributed by atoms with van der Waals surface area (Å²) in [6.07, 6.45) is 4.37. The van der Waals surface area contributed by atoms with Gasteiger partial charge in [-0.05, 0) is 36.6 Å². The van der Waals surface area contributed by atoms with E-state index in [1.807, 2.05) is 6.20 Å². The van der Waals surface area contributed by atoms with Gasteiger partial charge in [-0.3, -0.25) is 9.69 Å². The fourth-order valence-electron chi connectivity index (χ4n) is 3.56. The van der Waals surface area contributed by atoms with Crippen LogP contribution in [0.5, 0.6) is 0 Å². The molecule has 5 nitrogen and oxygen atoms in total. The lowest BCUT2D eigenvalue weighted by molar-refractivity contribution is 0.241. The summed E-state index contributed by atoms with van der Waals surface area (Å²) in [5.41, 5.74) is 3.69. The SMILES string of the molecule is CCCc1nc2c(c(=O)[nH]1)CCN(Cc1c[nH]c3ccc(F)cc13)C2. The Morgan fingerprint density at radius 3 is 3.08 bits per heavy atom. The first kappa shape index (κ1) is 16.0. The third-order valence-electron chi connectivity index (χ3n) is 4.81. The molecular formula is C19H21FN4O. The highest BCUT2D eigenvalue weighted by atomic mass is 19.1. The van der Waals surface area contributed by atoms with Crippen molar-refractivity contribution in [1.82, 2.24) is 19.9 Å². The lowest BCUT2D eigenvalue weighted by Crippen LogP contribution is -2.35. The smallest absolute Gasteiger partial charge is 0.254 e. The first-order valence-electron chi connectivity index (χ1n) is 8.73. The standard InChI is InChI=1S/C19H21FN4O/c1-2-3-18-22-17-11-24(7-6-14(17)19(25)23-18)10-12-9-21-16-5-4-13(20)8-15(12)16/h4-5,8-9,21H,2-3,6-7,10-11H2,1H3,(H,22,23,25). The van der Waals surface area contributed by atoms with Crippen molar-refractivity contribution in [2.75, 3.05) is 6.54 Å². The van der Waals surface area contributed by atoms with Crippen LogP contribution in [0.1, 0.15) is 36.0 Å². The second kappa shape index (κ2) is 6.44. The summed E-state index contributed by atoms with van der Waals surface area (Å²) in [7, 11) is 0. The molecule has 130 valence electrons. The maximum Gasteiger partial charge on any atom is 0.254 e. The third kappa shape index (κ3) is 3.09. The van der Waals surface area contributed by atoms with Gasteiger partial charge in [-0.15, -0.1) is 0 Å². The van der Waals surface area contributed by atoms with E-state index < -0.39 is 0 Å². The molecule has 4 rings (SSSR count). The van der Waals surface area contributed by atoms with Crippen LogP contribution in [0.25, 0.3) is 10.9 Å². The fraction of sp³-hybridized carbons (Fsp3) is 0.368. The van der Waals surface area contributed by atoms with Crippen molar-refractivity contribution in [1.29, 1.82) is 0 Å². The van der Waals surface area contributed by atoms with Gasteiger partial charge in [0.2, 0.25) is 0 Å². The normalized spacial score (nSPS) is 14.8. The summed E-state index contributed by atoms with van der Waals surface area (Å²) in [4.78, 5) is 25.2. The van der Waals surface area contributed by atoms with Gasteiger partial charge in [-0.1, -0.05) is 6.92 Å². The zero-order chi connectivity index (χ0) is 17.4. The molecule has 25 heavy (non-hydrogen) atoms. The molecule has 0 bridgehead atoms. The molecule has 3 heterocycles. The van der Waals surface area contributed by atoms with Gasteiger partial charge in [0.05, 0.1) is 5.69 Å². The number of aromatic nitrogens is 3. The third-order valence-corrected chi connectivity index (χ3v) is 4.81. The molecule has 0 radical (unpaired) electrons. The van der Waals surface area contributed by atoms with Gasteiger partial charge < -0.3 is 9.97 Å². The van der Waals surface area contributed by atoms with Crippen molar-refractivity contribution >= 4 is 10.9 Å². The Hall–Kier alpha value is -2.47. The zero-order valence-corrected chi connectivity index (χ0v) is 14.2. The number of nitrogens with zero attached hydrogens (tertiary/aromatic N) is 2. The van der Waals surface area contributed by atoms with Crippen molar-refractivity contribution in [3.8, 4) is 0 Å². The Morgan fingerprint density at radius 2 is 2.24 bits per heavy atom. The van der Waals surface area contributed by atoms with Crippen LogP contribution in [0.15, 0.2) is 29.2 Å². The second-order valence-electron chi connectivity index (χ2n) is 6.65. The first-order valence-corrected chi connectivity index (χ1v) is 8.73. The van der Waals surface area contributed by atoms with Crippen LogP contribution < -0.4 is 5.56 Å². The number of fused-ring (bicyclic) bond motifs is 2. The topological polar surface area (TPSA) is 64.8 Å². The van der Waals surface area contributed by atoms with E-state index in [1.54, 1.807) is 12.1 Å². The van der Waals surface area contributed by atoms with Crippen molar-refractivity contribution in [3.63, 3.8) is 0 Å². The van der Waals surface area contributed by atoms with Crippen LogP contribution in [0.3, 0.4) is 0 Å². The van der Waals surface area contributed by atoms with Gasteiger partial charge in [0.15, 0.2) is 0 Å². The molecule has 0 fully saturated rings. The maximum atomic E-state index is 13.6. The van der Waals surface area contributed by atoms with Gasteiger partial charge in [0.25, 0.3) is 5.56 Å². The van der Waals surface area contributed by atoms with Crippen LogP contribution in [0.2, 0.25) is 0 Å². The summed E-state index contributed by atoms with van der Waals surface area (Å²) in [5, 5.41) is 0.913. The van der Waals surface area contributed by atoms with Crippen LogP contribution >= 0.6 is 0 Å². The molecule has 2 N–H and O–H groups in total. The average Bonchev–Trinajstić information content (AvgIpc) is 2.97. The summed E-state index contributed by atoms with van der Waals surface area (Å²) in [6.45, 7) is 4.23. The number of halogens is 1. The van der Waals surface area contributed by atoms with Crippen LogP contribution in [0, 0.1) is 5.82 Å². The Labute approximate surface area is 144 Å². The van der Waals surface area contributed by atoms with Crippen molar-refractivity contribution in [2.45, 2.75) is 39.3 Å². The van der Waals surface area contributed by atoms with Crippen LogP contribution in [-0.4, -0.2) is 26.4 Å². The van der Waals surface area contributed by atoms with E-state index in [0.717, 1.165) is 52.9 Å². The molecule has 0 saturated carbocycles. The molecule has 1 aliphatic rings. The predicted octanol–water partition coefficient (Wildman–Crippen LogP) is 2.90. The average molecular weight is 340 g/mol. The minimum Gasteiger partial charge on any atom is -0.361 e. The van der Waals surface area contributed by atoms with Crippen molar-refractivity contribution in [2.24, 2.45) is 0 Å². The molecule has 0 aliphatic carbocycles. The van der Waals surface area contributed by atoms with E-state index in [-0.39, 0.29) is 11.4 Å². The van der Waals surface area contributed by atoms with E-state index >= 15 is 0 Å². The number of H-pyrrole nitrogens is 2. The number of benzene rings is 1. The van der Waals surface area contributed by atoms with E-state index in [0.29, 0.717) is 19.5 Å². The van der Waals surface area contributed by atoms with E-state index in [2.05, 4.69) is 26.8 Å². The molecule has 0 atom stereocenters. The molecule has 0 unspecified atom stereocenters. The van der Waals surface area contributed by atoms with Crippen LogP contribution in [0.4, 0.5) is 4.39 Å². The molecule has 0 spiro atoms. The first-order chi connectivity index (χ1) is 12.1. The fourth-order valence-corrected chi connectivity index (χ4v) is 3.56. The number of hydrogen-bond acceptors (Lipinski definition) is 3. The Morgan fingerprint density at radius 1 is 1.36 bits per heavy atom. The maximum absolute atomic E-state index is 13.6. The summed E-state index contributed by atoms with van der Waals surface area (Å²) in [6, 6.07) is 4.80. The highest BCUT2D eigenvalue weighted by molar-refractivity contribution is 5.83. The minimum absolute atomic E-state index is 0.00210. The van der Waals surface area contributed by atoms with Crippen LogP contribution in [-0.2, 0) is 25.9 Å². The second-order valence-corrected chi connectivity index (χ2v) is 6.65. The monoisotopic (exact) mass is 340 g/mol. The van der Waals surface area contributed by atoms with Crippen molar-refractivity contribution < 1.29 is 4.39 Å². The number of rotatable bonds is 4. The van der Waals surface area contributed by atoms with E-state index in [9.17, 15) is 9.18 Å². The summed E-state index contributed by atoms with van der Waals surface area (Å²) >= 11 is 0. The van der Waals surface area contributed by atoms with Crippen molar-refractivity contribution in [3.05, 3.63) is 63.2 Å². The molecule has 3 aromatic rings. The number of hydrogen-bond donors (Lipinski definition) is 2. The molecular weight excluding hydrogens is 319 g/mol. The number of aryl methyl sites for hydroxylation is 1. The highest BCUT2D eigenvalue weighted by Gasteiger charge is 2.21.